The Kier molecular flexibility index (Phi) is 5.53. The van der Waals surface area contributed by atoms with E-state index < -0.39 is 0 Å². The van der Waals surface area contributed by atoms with Crippen molar-refractivity contribution in [1.29, 1.82) is 0 Å². The van der Waals surface area contributed by atoms with Gasteiger partial charge < -0.3 is 4.90 Å². The summed E-state index contributed by atoms with van der Waals surface area (Å²) in [6.45, 7) is 2.84. The molecule has 122 valence electrons. The molecule has 1 unspecified atom stereocenters. The maximum atomic E-state index is 12.2. The largest absolute Gasteiger partial charge is 0.328 e. The summed E-state index contributed by atoms with van der Waals surface area (Å²) in [7, 11) is 0. The standard InChI is InChI=1S/C20H21N3O/c24-20(22-21-15-17-7-3-1-4-8-17)19-11-13-23(14-12-19)16-18-9-5-2-6-10-18/h1-11,15H,12-14,16H2,(H,22,24)/p+1/b21-15-. The zero-order valence-corrected chi connectivity index (χ0v) is 13.6. The van der Waals surface area contributed by atoms with Crippen molar-refractivity contribution in [2.45, 2.75) is 13.0 Å². The molecule has 0 spiro atoms. The van der Waals surface area contributed by atoms with E-state index in [1.54, 1.807) is 6.21 Å². The van der Waals surface area contributed by atoms with Crippen molar-refractivity contribution in [2.24, 2.45) is 5.10 Å². The van der Waals surface area contributed by atoms with Crippen LogP contribution in [0.4, 0.5) is 0 Å². The van der Waals surface area contributed by atoms with Crippen LogP contribution in [-0.4, -0.2) is 25.2 Å². The quantitative estimate of drug-likeness (QED) is 0.637. The van der Waals surface area contributed by atoms with Crippen molar-refractivity contribution in [1.82, 2.24) is 5.43 Å². The Hall–Kier alpha value is -2.72. The Morgan fingerprint density at radius 2 is 1.79 bits per heavy atom. The molecule has 1 atom stereocenters. The van der Waals surface area contributed by atoms with Crippen LogP contribution >= 0.6 is 0 Å². The third kappa shape index (κ3) is 4.64. The van der Waals surface area contributed by atoms with Crippen LogP contribution in [0.5, 0.6) is 0 Å². The zero-order chi connectivity index (χ0) is 16.6. The van der Waals surface area contributed by atoms with Gasteiger partial charge in [0.1, 0.15) is 6.54 Å². The van der Waals surface area contributed by atoms with Crippen LogP contribution in [0, 0.1) is 0 Å². The van der Waals surface area contributed by atoms with E-state index in [4.69, 9.17) is 0 Å². The van der Waals surface area contributed by atoms with E-state index in [0.29, 0.717) is 0 Å². The molecule has 3 rings (SSSR count). The molecule has 1 amide bonds. The molecule has 4 nitrogen and oxygen atoms in total. The van der Waals surface area contributed by atoms with E-state index in [1.807, 2.05) is 42.5 Å². The first kappa shape index (κ1) is 16.1. The van der Waals surface area contributed by atoms with Gasteiger partial charge in [0.05, 0.1) is 19.3 Å². The fourth-order valence-corrected chi connectivity index (χ4v) is 2.81. The number of quaternary nitrogens is 1. The molecule has 0 aliphatic carbocycles. The Morgan fingerprint density at radius 1 is 1.08 bits per heavy atom. The van der Waals surface area contributed by atoms with Gasteiger partial charge in [-0.2, -0.15) is 5.10 Å². The van der Waals surface area contributed by atoms with Crippen LogP contribution in [0.15, 0.2) is 77.4 Å². The number of carbonyl (C=O) groups is 1. The fourth-order valence-electron chi connectivity index (χ4n) is 2.81. The molecule has 1 heterocycles. The monoisotopic (exact) mass is 320 g/mol. The van der Waals surface area contributed by atoms with Crippen molar-refractivity contribution >= 4 is 12.1 Å². The van der Waals surface area contributed by atoms with Crippen LogP contribution in [-0.2, 0) is 11.3 Å². The van der Waals surface area contributed by atoms with Crippen molar-refractivity contribution in [3.63, 3.8) is 0 Å². The highest BCUT2D eigenvalue weighted by Crippen LogP contribution is 2.03. The second-order valence-electron chi connectivity index (χ2n) is 5.96. The minimum atomic E-state index is -0.0963. The third-order valence-electron chi connectivity index (χ3n) is 4.15. The fraction of sp³-hybridized carbons (Fsp3) is 0.200. The Labute approximate surface area is 142 Å². The van der Waals surface area contributed by atoms with Gasteiger partial charge in [0.2, 0.25) is 0 Å². The molecule has 0 saturated heterocycles. The zero-order valence-electron chi connectivity index (χ0n) is 13.6. The van der Waals surface area contributed by atoms with Gasteiger partial charge in [-0.3, -0.25) is 4.79 Å². The van der Waals surface area contributed by atoms with E-state index in [-0.39, 0.29) is 5.91 Å². The van der Waals surface area contributed by atoms with Gasteiger partial charge in [0.25, 0.3) is 5.91 Å². The predicted molar refractivity (Wildman–Crippen MR) is 95.7 cm³/mol. The van der Waals surface area contributed by atoms with E-state index >= 15 is 0 Å². The smallest absolute Gasteiger partial charge is 0.267 e. The van der Waals surface area contributed by atoms with Crippen LogP contribution in [0.3, 0.4) is 0 Å². The second kappa shape index (κ2) is 8.22. The minimum absolute atomic E-state index is 0.0963. The Morgan fingerprint density at radius 3 is 2.46 bits per heavy atom. The van der Waals surface area contributed by atoms with Crippen molar-refractivity contribution < 1.29 is 9.69 Å². The van der Waals surface area contributed by atoms with Crippen LogP contribution in [0.25, 0.3) is 0 Å². The number of carbonyl (C=O) groups excluding carboxylic acids is 1. The molecule has 0 aromatic heterocycles. The van der Waals surface area contributed by atoms with Gasteiger partial charge in [0, 0.05) is 17.6 Å². The maximum Gasteiger partial charge on any atom is 0.267 e. The lowest BCUT2D eigenvalue weighted by Gasteiger charge is -2.22. The average molecular weight is 320 g/mol. The molecule has 0 radical (unpaired) electrons. The van der Waals surface area contributed by atoms with E-state index in [2.05, 4.69) is 34.8 Å². The normalized spacial score (nSPS) is 17.5. The SMILES string of the molecule is O=C(N/N=C\c1ccccc1)C1=CC[NH+](Cc2ccccc2)CC1. The van der Waals surface area contributed by atoms with Gasteiger partial charge in [-0.15, -0.1) is 0 Å². The summed E-state index contributed by atoms with van der Waals surface area (Å²) in [6.07, 6.45) is 4.48. The number of rotatable bonds is 5. The van der Waals surface area contributed by atoms with Gasteiger partial charge >= 0.3 is 0 Å². The highest BCUT2D eigenvalue weighted by Gasteiger charge is 2.19. The topological polar surface area (TPSA) is 45.9 Å². The predicted octanol–water partition coefficient (Wildman–Crippen LogP) is 1.55. The molecule has 0 bridgehead atoms. The highest BCUT2D eigenvalue weighted by atomic mass is 16.2. The first-order valence-corrected chi connectivity index (χ1v) is 8.26. The Bertz CT molecular complexity index is 723. The molecule has 2 aromatic carbocycles. The molecule has 24 heavy (non-hydrogen) atoms. The summed E-state index contributed by atoms with van der Waals surface area (Å²) in [5, 5.41) is 4.03. The van der Waals surface area contributed by atoms with Crippen molar-refractivity contribution in [2.75, 3.05) is 13.1 Å². The number of benzene rings is 2. The van der Waals surface area contributed by atoms with Crippen molar-refractivity contribution in [3.8, 4) is 0 Å². The van der Waals surface area contributed by atoms with Gasteiger partial charge in [0.15, 0.2) is 0 Å². The van der Waals surface area contributed by atoms with E-state index in [1.165, 1.54) is 10.5 Å². The molecule has 4 heteroatoms. The summed E-state index contributed by atoms with van der Waals surface area (Å²) in [5.41, 5.74) is 5.75. The van der Waals surface area contributed by atoms with Gasteiger partial charge in [-0.05, 0) is 11.6 Å². The number of hydrogen-bond donors (Lipinski definition) is 2. The van der Waals surface area contributed by atoms with Gasteiger partial charge in [-0.25, -0.2) is 5.43 Å². The lowest BCUT2D eigenvalue weighted by atomic mass is 10.1. The summed E-state index contributed by atoms with van der Waals surface area (Å²) in [6, 6.07) is 20.2. The lowest BCUT2D eigenvalue weighted by molar-refractivity contribution is -0.909. The van der Waals surface area contributed by atoms with Crippen LogP contribution < -0.4 is 10.3 Å². The molecular formula is C20H22N3O+. The van der Waals surface area contributed by atoms with Gasteiger partial charge in [-0.1, -0.05) is 60.7 Å². The molecule has 2 N–H and O–H groups in total. The summed E-state index contributed by atoms with van der Waals surface area (Å²) in [5.74, 6) is -0.0963. The number of amides is 1. The maximum absolute atomic E-state index is 12.2. The lowest BCUT2D eigenvalue weighted by Crippen LogP contribution is -3.11. The van der Waals surface area contributed by atoms with E-state index in [0.717, 1.165) is 37.2 Å². The second-order valence-corrected chi connectivity index (χ2v) is 5.96. The first-order valence-electron chi connectivity index (χ1n) is 8.26. The molecule has 0 fully saturated rings. The number of nitrogens with one attached hydrogen (secondary N) is 2. The van der Waals surface area contributed by atoms with E-state index in [9.17, 15) is 4.79 Å². The number of hydrogen-bond acceptors (Lipinski definition) is 2. The Balaban J connectivity index is 1.49. The minimum Gasteiger partial charge on any atom is -0.328 e. The third-order valence-corrected chi connectivity index (χ3v) is 4.15. The molecule has 2 aromatic rings. The molecule has 0 saturated carbocycles. The summed E-state index contributed by atoms with van der Waals surface area (Å²) < 4.78 is 0. The van der Waals surface area contributed by atoms with Crippen LogP contribution in [0.2, 0.25) is 0 Å². The summed E-state index contributed by atoms with van der Waals surface area (Å²) in [4.78, 5) is 13.6. The summed E-state index contributed by atoms with van der Waals surface area (Å²) >= 11 is 0. The molecule has 1 aliphatic heterocycles. The average Bonchev–Trinajstić information content (AvgIpc) is 2.64. The number of hydrazone groups is 1. The number of nitrogens with zero attached hydrogens (tertiary/aromatic N) is 1. The molecule has 1 aliphatic rings. The van der Waals surface area contributed by atoms with Crippen LogP contribution in [0.1, 0.15) is 17.5 Å². The first-order chi connectivity index (χ1) is 11.8. The van der Waals surface area contributed by atoms with Crippen molar-refractivity contribution in [3.05, 3.63) is 83.4 Å². The highest BCUT2D eigenvalue weighted by molar-refractivity contribution is 5.94. The molecular weight excluding hydrogens is 298 g/mol.